The van der Waals surface area contributed by atoms with E-state index in [0.717, 1.165) is 0 Å². The van der Waals surface area contributed by atoms with Crippen LogP contribution in [-0.4, -0.2) is 60.7 Å². The SMILES string of the molecule is CC(=O)c1cnn(C)c1/N=N/c1c(C)nn(-c2cc(-n3nc(C)c(/N=N/c4c(C(C)=O)cnn4C)c3N)ncn2)c1N. The van der Waals surface area contributed by atoms with Gasteiger partial charge in [0.2, 0.25) is 0 Å². The number of aryl methyl sites for hydroxylation is 4. The first kappa shape index (κ1) is 27.6. The quantitative estimate of drug-likeness (QED) is 0.204. The van der Waals surface area contributed by atoms with E-state index in [4.69, 9.17) is 11.5 Å². The van der Waals surface area contributed by atoms with Crippen LogP contribution in [0.25, 0.3) is 11.6 Å². The summed E-state index contributed by atoms with van der Waals surface area (Å²) in [5.74, 6) is 1.12. The van der Waals surface area contributed by atoms with Gasteiger partial charge in [0.25, 0.3) is 0 Å². The number of carbonyl (C=O) groups excluding carboxylic acids is 2. The summed E-state index contributed by atoms with van der Waals surface area (Å²) >= 11 is 0. The monoisotopic (exact) mass is 570 g/mol. The highest BCUT2D eigenvalue weighted by atomic mass is 16.1. The fourth-order valence-corrected chi connectivity index (χ4v) is 4.03. The number of nitrogens with two attached hydrogens (primary N) is 2. The molecule has 0 fully saturated rings. The number of ketones is 2. The first-order valence-electron chi connectivity index (χ1n) is 12.4. The minimum Gasteiger partial charge on any atom is -0.382 e. The van der Waals surface area contributed by atoms with E-state index < -0.39 is 0 Å². The van der Waals surface area contributed by atoms with E-state index in [1.54, 1.807) is 34.0 Å². The van der Waals surface area contributed by atoms with Gasteiger partial charge in [-0.05, 0) is 27.7 Å². The molecule has 42 heavy (non-hydrogen) atoms. The maximum atomic E-state index is 11.9. The van der Waals surface area contributed by atoms with E-state index in [1.165, 1.54) is 51.3 Å². The summed E-state index contributed by atoms with van der Waals surface area (Å²) in [6.45, 7) is 6.27. The van der Waals surface area contributed by atoms with E-state index in [2.05, 4.69) is 50.8 Å². The molecule has 0 aromatic carbocycles. The largest absolute Gasteiger partial charge is 0.382 e. The highest BCUT2D eigenvalue weighted by Crippen LogP contribution is 2.33. The van der Waals surface area contributed by atoms with Gasteiger partial charge in [-0.25, -0.2) is 19.3 Å². The molecule has 5 heterocycles. The van der Waals surface area contributed by atoms with Gasteiger partial charge in [0.05, 0.1) is 34.9 Å². The number of aromatic nitrogens is 10. The highest BCUT2D eigenvalue weighted by molar-refractivity contribution is 5.98. The Labute approximate surface area is 237 Å². The summed E-state index contributed by atoms with van der Waals surface area (Å²) in [6, 6.07) is 1.58. The van der Waals surface area contributed by atoms with Crippen molar-refractivity contribution in [1.82, 2.24) is 49.1 Å². The van der Waals surface area contributed by atoms with Crippen LogP contribution in [0.2, 0.25) is 0 Å². The fraction of sp³-hybridized carbons (Fsp3) is 0.250. The molecule has 4 N–H and O–H groups in total. The van der Waals surface area contributed by atoms with E-state index in [0.29, 0.717) is 45.5 Å². The summed E-state index contributed by atoms with van der Waals surface area (Å²) in [5, 5.41) is 33.9. The molecule has 0 spiro atoms. The Morgan fingerprint density at radius 1 is 0.714 bits per heavy atom. The molecule has 0 aliphatic heterocycles. The minimum absolute atomic E-state index is 0.156. The van der Waals surface area contributed by atoms with Crippen LogP contribution in [0.4, 0.5) is 34.6 Å². The molecule has 5 aromatic heterocycles. The Balaban J connectivity index is 1.48. The number of anilines is 2. The molecular formula is C24H26N16O2. The Hall–Kier alpha value is -5.94. The van der Waals surface area contributed by atoms with Crippen LogP contribution in [0.5, 0.6) is 0 Å². The van der Waals surface area contributed by atoms with Crippen molar-refractivity contribution in [1.29, 1.82) is 0 Å². The van der Waals surface area contributed by atoms with Gasteiger partial charge >= 0.3 is 0 Å². The van der Waals surface area contributed by atoms with Gasteiger partial charge in [0.1, 0.15) is 6.33 Å². The summed E-state index contributed by atoms with van der Waals surface area (Å²) in [4.78, 5) is 32.4. The molecule has 0 radical (unpaired) electrons. The van der Waals surface area contributed by atoms with E-state index >= 15 is 0 Å². The third-order valence-electron chi connectivity index (χ3n) is 6.26. The van der Waals surface area contributed by atoms with Crippen LogP contribution in [0.3, 0.4) is 0 Å². The lowest BCUT2D eigenvalue weighted by molar-refractivity contribution is 0.101. The average Bonchev–Trinajstić information content (AvgIpc) is 3.66. The molecule has 18 nitrogen and oxygen atoms in total. The normalized spacial score (nSPS) is 11.8. The standard InChI is InChI=1S/C24H26N16O2/c1-11-19(31-33-23-15(13(3)41)8-29-37(23)5)21(25)39(35-11)17-7-18(28-10-27-17)40-22(26)20(12(2)36-40)32-34-24-16(14(4)42)9-30-38(24)6/h7-10H,25-26H2,1-6H3/b33-31+,34-32+. The van der Waals surface area contributed by atoms with Gasteiger partial charge in [-0.3, -0.25) is 9.59 Å². The molecule has 0 saturated heterocycles. The second kappa shape index (κ2) is 10.6. The molecule has 0 atom stereocenters. The lowest BCUT2D eigenvalue weighted by Gasteiger charge is -2.06. The zero-order chi connectivity index (χ0) is 30.3. The van der Waals surface area contributed by atoms with Crippen LogP contribution >= 0.6 is 0 Å². The van der Waals surface area contributed by atoms with E-state index in [9.17, 15) is 9.59 Å². The topological polar surface area (TPSA) is 233 Å². The van der Waals surface area contributed by atoms with Gasteiger partial charge in [0, 0.05) is 20.2 Å². The predicted molar refractivity (Wildman–Crippen MR) is 149 cm³/mol. The number of nitrogens with zero attached hydrogens (tertiary/aromatic N) is 14. The first-order chi connectivity index (χ1) is 20.0. The van der Waals surface area contributed by atoms with Crippen LogP contribution in [0, 0.1) is 13.8 Å². The average molecular weight is 571 g/mol. The Morgan fingerprint density at radius 3 is 1.50 bits per heavy atom. The predicted octanol–water partition coefficient (Wildman–Crippen LogP) is 3.33. The minimum atomic E-state index is -0.193. The van der Waals surface area contributed by atoms with Crippen molar-refractivity contribution in [2.45, 2.75) is 27.7 Å². The first-order valence-corrected chi connectivity index (χ1v) is 12.4. The molecule has 5 rings (SSSR count). The molecule has 214 valence electrons. The van der Waals surface area contributed by atoms with Crippen molar-refractivity contribution in [2.75, 3.05) is 11.5 Å². The Kier molecular flexibility index (Phi) is 6.94. The Morgan fingerprint density at radius 2 is 1.12 bits per heavy atom. The summed E-state index contributed by atoms with van der Waals surface area (Å²) in [7, 11) is 3.31. The summed E-state index contributed by atoms with van der Waals surface area (Å²) < 4.78 is 5.64. The van der Waals surface area contributed by atoms with Crippen molar-refractivity contribution in [3.63, 3.8) is 0 Å². The van der Waals surface area contributed by atoms with Crippen LogP contribution in [0.15, 0.2) is 45.2 Å². The summed E-state index contributed by atoms with van der Waals surface area (Å²) in [5.41, 5.74) is 15.0. The Bertz CT molecular complexity index is 1780. The van der Waals surface area contributed by atoms with Crippen molar-refractivity contribution in [3.05, 3.63) is 47.3 Å². The molecule has 0 unspecified atom stereocenters. The molecule has 0 bridgehead atoms. The highest BCUT2D eigenvalue weighted by Gasteiger charge is 2.20. The molecule has 5 aromatic rings. The maximum Gasteiger partial charge on any atom is 0.183 e. The zero-order valence-electron chi connectivity index (χ0n) is 23.5. The number of nitrogen functional groups attached to an aromatic ring is 2. The van der Waals surface area contributed by atoms with Crippen LogP contribution in [-0.2, 0) is 14.1 Å². The smallest absolute Gasteiger partial charge is 0.183 e. The lowest BCUT2D eigenvalue weighted by Crippen LogP contribution is -2.09. The van der Waals surface area contributed by atoms with Gasteiger partial charge in [0.15, 0.2) is 57.8 Å². The number of rotatable bonds is 8. The molecule has 0 aliphatic rings. The fourth-order valence-electron chi connectivity index (χ4n) is 4.03. The number of azo groups is 2. The number of hydrogen-bond donors (Lipinski definition) is 2. The van der Waals surface area contributed by atoms with Crippen LogP contribution in [0.1, 0.15) is 46.0 Å². The van der Waals surface area contributed by atoms with Gasteiger partial charge < -0.3 is 11.5 Å². The maximum absolute atomic E-state index is 11.9. The van der Waals surface area contributed by atoms with Crippen molar-refractivity contribution in [3.8, 4) is 11.6 Å². The van der Waals surface area contributed by atoms with Gasteiger partial charge in [-0.1, -0.05) is 0 Å². The summed E-state index contributed by atoms with van der Waals surface area (Å²) in [6.07, 6.45) is 4.16. The van der Waals surface area contributed by atoms with Crippen molar-refractivity contribution >= 4 is 46.2 Å². The molecular weight excluding hydrogens is 544 g/mol. The van der Waals surface area contributed by atoms with Gasteiger partial charge in [-0.2, -0.15) is 29.8 Å². The van der Waals surface area contributed by atoms with E-state index in [-0.39, 0.29) is 34.8 Å². The third-order valence-corrected chi connectivity index (χ3v) is 6.26. The second-order valence-electron chi connectivity index (χ2n) is 9.22. The van der Waals surface area contributed by atoms with Crippen molar-refractivity contribution < 1.29 is 9.59 Å². The van der Waals surface area contributed by atoms with E-state index in [1.807, 2.05) is 0 Å². The molecule has 0 saturated carbocycles. The molecule has 0 aliphatic carbocycles. The number of Topliss-reactive ketones (excluding diaryl/α,β-unsaturated/α-hetero) is 2. The zero-order valence-corrected chi connectivity index (χ0v) is 23.5. The number of hydrogen-bond acceptors (Lipinski definition) is 14. The van der Waals surface area contributed by atoms with Crippen molar-refractivity contribution in [2.24, 2.45) is 34.6 Å². The van der Waals surface area contributed by atoms with Gasteiger partial charge in [-0.15, -0.1) is 20.5 Å². The third kappa shape index (κ3) is 4.80. The van der Waals surface area contributed by atoms with Crippen LogP contribution < -0.4 is 11.5 Å². The lowest BCUT2D eigenvalue weighted by atomic mass is 10.2. The number of carbonyl (C=O) groups is 2. The molecule has 18 heteroatoms. The molecule has 0 amide bonds. The second-order valence-corrected chi connectivity index (χ2v) is 9.22.